The van der Waals surface area contributed by atoms with E-state index in [0.29, 0.717) is 24.6 Å². The van der Waals surface area contributed by atoms with Crippen LogP contribution in [0, 0.1) is 6.92 Å². The van der Waals surface area contributed by atoms with Gasteiger partial charge in [0.05, 0.1) is 23.6 Å². The molecule has 182 valence electrons. The monoisotopic (exact) mass is 493 g/mol. The SMILES string of the molecule is Cc1cc(C2OC=C(C(N)=O)N2c2cc3sc(N4CCOCC4)nc3nc2N2CCCC2)ccn1. The van der Waals surface area contributed by atoms with E-state index in [1.165, 1.54) is 6.26 Å². The van der Waals surface area contributed by atoms with E-state index in [-0.39, 0.29) is 0 Å². The van der Waals surface area contributed by atoms with Crippen molar-refractivity contribution in [3.63, 3.8) is 0 Å². The van der Waals surface area contributed by atoms with Gasteiger partial charge in [0.2, 0.25) is 6.23 Å². The normalized spacial score (nSPS) is 20.4. The first-order valence-electron chi connectivity index (χ1n) is 11.8. The Morgan fingerprint density at radius 2 is 1.91 bits per heavy atom. The van der Waals surface area contributed by atoms with E-state index in [0.717, 1.165) is 71.6 Å². The van der Waals surface area contributed by atoms with E-state index < -0.39 is 12.1 Å². The number of aryl methyl sites for hydroxylation is 1. The van der Waals surface area contributed by atoms with Gasteiger partial charge in [0.1, 0.15) is 12.0 Å². The lowest BCUT2D eigenvalue weighted by Crippen LogP contribution is -2.36. The predicted molar refractivity (Wildman–Crippen MR) is 134 cm³/mol. The zero-order valence-electron chi connectivity index (χ0n) is 19.5. The molecule has 0 spiro atoms. The molecular weight excluding hydrogens is 466 g/mol. The Kier molecular flexibility index (Phi) is 5.65. The van der Waals surface area contributed by atoms with Gasteiger partial charge in [0.25, 0.3) is 5.91 Å². The van der Waals surface area contributed by atoms with Crippen LogP contribution in [0.5, 0.6) is 0 Å². The fourth-order valence-electron chi connectivity index (χ4n) is 4.82. The minimum Gasteiger partial charge on any atom is -0.471 e. The molecular formula is C24H27N7O3S. The number of rotatable bonds is 5. The maximum atomic E-state index is 12.5. The highest BCUT2D eigenvalue weighted by atomic mass is 32.1. The van der Waals surface area contributed by atoms with Crippen LogP contribution in [0.3, 0.4) is 0 Å². The van der Waals surface area contributed by atoms with Crippen molar-refractivity contribution in [2.45, 2.75) is 26.0 Å². The molecule has 35 heavy (non-hydrogen) atoms. The summed E-state index contributed by atoms with van der Waals surface area (Å²) in [6, 6.07) is 5.93. The Labute approximate surface area is 207 Å². The van der Waals surface area contributed by atoms with Gasteiger partial charge >= 0.3 is 0 Å². The third kappa shape index (κ3) is 4.04. The molecule has 3 aliphatic heterocycles. The Balaban J connectivity index is 1.49. The molecule has 2 saturated heterocycles. The number of carbonyl (C=O) groups is 1. The van der Waals surface area contributed by atoms with E-state index >= 15 is 0 Å². The molecule has 3 aromatic heterocycles. The highest BCUT2D eigenvalue weighted by molar-refractivity contribution is 7.22. The molecule has 2 N–H and O–H groups in total. The van der Waals surface area contributed by atoms with Crippen molar-refractivity contribution in [3.8, 4) is 0 Å². The van der Waals surface area contributed by atoms with Crippen LogP contribution in [-0.2, 0) is 14.3 Å². The maximum Gasteiger partial charge on any atom is 0.268 e. The van der Waals surface area contributed by atoms with Crippen LogP contribution in [0.4, 0.5) is 16.6 Å². The van der Waals surface area contributed by atoms with Crippen LogP contribution < -0.4 is 20.4 Å². The number of primary amides is 1. The van der Waals surface area contributed by atoms with Gasteiger partial charge in [-0.1, -0.05) is 11.3 Å². The van der Waals surface area contributed by atoms with Gasteiger partial charge < -0.3 is 25.0 Å². The zero-order valence-corrected chi connectivity index (χ0v) is 20.3. The molecule has 6 heterocycles. The fraction of sp³-hybridized carbons (Fsp3) is 0.417. The largest absolute Gasteiger partial charge is 0.471 e. The average Bonchev–Trinajstić information content (AvgIpc) is 3.63. The molecule has 0 saturated carbocycles. The number of fused-ring (bicyclic) bond motifs is 1. The average molecular weight is 494 g/mol. The van der Waals surface area contributed by atoms with E-state index in [1.54, 1.807) is 17.5 Å². The number of carbonyl (C=O) groups excluding carboxylic acids is 1. The van der Waals surface area contributed by atoms with Crippen LogP contribution in [0.1, 0.15) is 30.3 Å². The predicted octanol–water partition coefficient (Wildman–Crippen LogP) is 2.69. The van der Waals surface area contributed by atoms with E-state index in [9.17, 15) is 4.79 Å². The number of nitrogens with two attached hydrogens (primary N) is 1. The van der Waals surface area contributed by atoms with Crippen molar-refractivity contribution in [2.24, 2.45) is 5.73 Å². The van der Waals surface area contributed by atoms with Crippen LogP contribution in [0.15, 0.2) is 36.4 Å². The van der Waals surface area contributed by atoms with E-state index in [1.807, 2.05) is 24.0 Å². The van der Waals surface area contributed by atoms with Crippen LogP contribution in [0.25, 0.3) is 10.3 Å². The van der Waals surface area contributed by atoms with Crippen molar-refractivity contribution < 1.29 is 14.3 Å². The first-order valence-corrected chi connectivity index (χ1v) is 12.7. The number of thiazole rings is 1. The van der Waals surface area contributed by atoms with Crippen LogP contribution >= 0.6 is 11.3 Å². The van der Waals surface area contributed by atoms with Crippen molar-refractivity contribution in [3.05, 3.63) is 47.6 Å². The van der Waals surface area contributed by atoms with Crippen LogP contribution in [-0.4, -0.2) is 60.3 Å². The van der Waals surface area contributed by atoms with Crippen molar-refractivity contribution in [1.29, 1.82) is 0 Å². The van der Waals surface area contributed by atoms with Gasteiger partial charge in [-0.05, 0) is 38.0 Å². The number of hydrogen-bond donors (Lipinski definition) is 1. The standard InChI is InChI=1S/C24H27N7O3S/c1-15-12-16(4-5-26-15)23-31(18(14-34-23)20(25)32)17-13-19-21(27-22(17)29-6-2-3-7-29)28-24(35-19)30-8-10-33-11-9-30/h4-5,12-14,23H,2-3,6-11H2,1H3,(H2,25,32). The van der Waals surface area contributed by atoms with E-state index in [4.69, 9.17) is 25.2 Å². The maximum absolute atomic E-state index is 12.5. The summed E-state index contributed by atoms with van der Waals surface area (Å²) in [5, 5.41) is 0.935. The summed E-state index contributed by atoms with van der Waals surface area (Å²) in [6.07, 6.45) is 4.84. The molecule has 3 aromatic rings. The lowest BCUT2D eigenvalue weighted by atomic mass is 10.1. The van der Waals surface area contributed by atoms with Crippen LogP contribution in [0.2, 0.25) is 0 Å². The third-order valence-electron chi connectivity index (χ3n) is 6.54. The van der Waals surface area contributed by atoms with Crippen molar-refractivity contribution in [1.82, 2.24) is 15.0 Å². The quantitative estimate of drug-likeness (QED) is 0.574. The Morgan fingerprint density at radius 3 is 2.66 bits per heavy atom. The molecule has 1 atom stereocenters. The Bertz CT molecular complexity index is 1300. The number of amides is 1. The molecule has 0 aromatic carbocycles. The summed E-state index contributed by atoms with van der Waals surface area (Å²) < 4.78 is 12.5. The molecule has 2 fully saturated rings. The van der Waals surface area contributed by atoms with Gasteiger partial charge in [-0.3, -0.25) is 14.7 Å². The highest BCUT2D eigenvalue weighted by Crippen LogP contribution is 2.44. The molecule has 1 amide bonds. The number of aromatic nitrogens is 3. The summed E-state index contributed by atoms with van der Waals surface area (Å²) in [7, 11) is 0. The van der Waals surface area contributed by atoms with E-state index in [2.05, 4.69) is 20.9 Å². The highest BCUT2D eigenvalue weighted by Gasteiger charge is 2.37. The number of pyridine rings is 2. The number of ether oxygens (including phenoxy) is 2. The smallest absolute Gasteiger partial charge is 0.268 e. The Morgan fingerprint density at radius 1 is 1.11 bits per heavy atom. The first-order chi connectivity index (χ1) is 17.1. The summed E-state index contributed by atoms with van der Waals surface area (Å²) in [5.74, 6) is 0.242. The molecule has 10 nitrogen and oxygen atoms in total. The van der Waals surface area contributed by atoms with Gasteiger partial charge in [-0.15, -0.1) is 0 Å². The molecule has 11 heteroatoms. The fourth-order valence-corrected chi connectivity index (χ4v) is 5.81. The summed E-state index contributed by atoms with van der Waals surface area (Å²) >= 11 is 1.60. The molecule has 0 aliphatic carbocycles. The number of anilines is 3. The second kappa shape index (κ2) is 8.97. The van der Waals surface area contributed by atoms with Crippen molar-refractivity contribution in [2.75, 3.05) is 54.1 Å². The zero-order chi connectivity index (χ0) is 23.9. The minimum absolute atomic E-state index is 0.295. The number of hydrogen-bond acceptors (Lipinski definition) is 10. The van der Waals surface area contributed by atoms with Gasteiger partial charge in [0.15, 0.2) is 16.6 Å². The second-order valence-electron chi connectivity index (χ2n) is 8.90. The van der Waals surface area contributed by atoms with Gasteiger partial charge in [-0.25, -0.2) is 4.98 Å². The summed E-state index contributed by atoms with van der Waals surface area (Å²) in [5.41, 5.74) is 9.36. The first kappa shape index (κ1) is 22.1. The molecule has 0 radical (unpaired) electrons. The minimum atomic E-state index is -0.552. The summed E-state index contributed by atoms with van der Waals surface area (Å²) in [4.78, 5) is 33.1. The number of morpholine rings is 1. The van der Waals surface area contributed by atoms with Gasteiger partial charge in [-0.2, -0.15) is 4.98 Å². The molecule has 6 rings (SSSR count). The lowest BCUT2D eigenvalue weighted by molar-refractivity contribution is -0.114. The lowest BCUT2D eigenvalue weighted by Gasteiger charge is -2.30. The molecule has 0 bridgehead atoms. The Hall–Kier alpha value is -3.44. The second-order valence-corrected chi connectivity index (χ2v) is 9.91. The van der Waals surface area contributed by atoms with Gasteiger partial charge in [0, 0.05) is 43.6 Å². The number of nitrogens with zero attached hydrogens (tertiary/aromatic N) is 6. The summed E-state index contributed by atoms with van der Waals surface area (Å²) in [6.45, 7) is 6.73. The third-order valence-corrected chi connectivity index (χ3v) is 7.59. The molecule has 3 aliphatic rings. The topological polar surface area (TPSA) is 110 Å². The van der Waals surface area contributed by atoms with Crippen molar-refractivity contribution >= 4 is 44.2 Å². The molecule has 1 unspecified atom stereocenters.